The first kappa shape index (κ1) is 26.4. The minimum atomic E-state index is -0.740. The van der Waals surface area contributed by atoms with E-state index >= 15 is 0 Å². The fourth-order valence-corrected chi connectivity index (χ4v) is 4.74. The lowest BCUT2D eigenvalue weighted by molar-refractivity contribution is -0.117. The van der Waals surface area contributed by atoms with Crippen molar-refractivity contribution in [2.45, 2.75) is 12.8 Å². The standard InChI is InChI=1S/C28H23F2N6O4P/c1-34-13-19(28(39)36(34)21-7-4-16(29)10-23(21)41)27(38)31-17-5-8-22(20(30)11-17)40-18-6-9-25-32-24(14-35(25)12-18)33-26(37)15-2-3-15/h4-15H,2-3,41H2,1H3,(H,31,38)(H,33,37). The Morgan fingerprint density at radius 2 is 1.83 bits per heavy atom. The molecule has 0 saturated heterocycles. The van der Waals surface area contributed by atoms with E-state index in [9.17, 15) is 23.2 Å². The highest BCUT2D eigenvalue weighted by molar-refractivity contribution is 7.27. The van der Waals surface area contributed by atoms with Crippen LogP contribution in [-0.2, 0) is 11.8 Å². The fraction of sp³-hybridized carbons (Fsp3) is 0.143. The summed E-state index contributed by atoms with van der Waals surface area (Å²) >= 11 is 0. The molecule has 1 aliphatic rings. The highest BCUT2D eigenvalue weighted by Gasteiger charge is 2.30. The lowest BCUT2D eigenvalue weighted by Gasteiger charge is -2.10. The van der Waals surface area contributed by atoms with Gasteiger partial charge in [-0.15, -0.1) is 9.24 Å². The summed E-state index contributed by atoms with van der Waals surface area (Å²) in [7, 11) is 3.93. The molecule has 0 bridgehead atoms. The summed E-state index contributed by atoms with van der Waals surface area (Å²) in [6.07, 6.45) is 6.35. The van der Waals surface area contributed by atoms with E-state index in [2.05, 4.69) is 24.9 Å². The molecule has 2 N–H and O–H groups in total. The van der Waals surface area contributed by atoms with Crippen LogP contribution < -0.4 is 26.2 Å². The summed E-state index contributed by atoms with van der Waals surface area (Å²) in [6, 6.07) is 11.1. The molecule has 3 aromatic heterocycles. The van der Waals surface area contributed by atoms with E-state index in [1.165, 1.54) is 45.9 Å². The fourth-order valence-electron chi connectivity index (χ4n) is 4.36. The summed E-state index contributed by atoms with van der Waals surface area (Å²) in [5.41, 5.74) is 0.289. The van der Waals surface area contributed by atoms with E-state index in [1.807, 2.05) is 0 Å². The summed E-state index contributed by atoms with van der Waals surface area (Å²) in [6.45, 7) is 0. The molecular formula is C28H23F2N6O4P. The maximum Gasteiger partial charge on any atom is 0.284 e. The summed E-state index contributed by atoms with van der Waals surface area (Å²) in [5.74, 6) is -1.29. The molecule has 41 heavy (non-hydrogen) atoms. The van der Waals surface area contributed by atoms with E-state index < -0.39 is 23.1 Å². The lowest BCUT2D eigenvalue weighted by atomic mass is 10.2. The van der Waals surface area contributed by atoms with Crippen LogP contribution in [0.3, 0.4) is 0 Å². The van der Waals surface area contributed by atoms with E-state index in [4.69, 9.17) is 4.74 Å². The number of hydrogen-bond acceptors (Lipinski definition) is 5. The monoisotopic (exact) mass is 576 g/mol. The van der Waals surface area contributed by atoms with Gasteiger partial charge in [-0.25, -0.2) is 18.4 Å². The van der Waals surface area contributed by atoms with Crippen molar-refractivity contribution in [3.8, 4) is 17.2 Å². The number of rotatable bonds is 7. The second-order valence-electron chi connectivity index (χ2n) is 9.66. The third-order valence-electron chi connectivity index (χ3n) is 6.56. The first-order chi connectivity index (χ1) is 19.7. The molecule has 1 saturated carbocycles. The number of anilines is 2. The number of halogens is 2. The molecule has 2 amide bonds. The molecule has 1 fully saturated rings. The Kier molecular flexibility index (Phi) is 6.63. The molecule has 2 aromatic carbocycles. The lowest BCUT2D eigenvalue weighted by Crippen LogP contribution is -2.27. The molecule has 13 heteroatoms. The molecule has 0 radical (unpaired) electrons. The highest BCUT2D eigenvalue weighted by Crippen LogP contribution is 2.31. The molecule has 3 heterocycles. The Morgan fingerprint density at radius 3 is 2.56 bits per heavy atom. The summed E-state index contributed by atoms with van der Waals surface area (Å²) in [5, 5.41) is 5.75. The van der Waals surface area contributed by atoms with Crippen LogP contribution in [0.5, 0.6) is 11.5 Å². The SMILES string of the molecule is Cn1cc(C(=O)Nc2ccc(Oc3ccc4nc(NC(=O)C5CC5)cn4c3)c(F)c2)c(=O)n1-c1ccc(F)cc1P. The van der Waals surface area contributed by atoms with Crippen LogP contribution in [-0.4, -0.2) is 30.6 Å². The van der Waals surface area contributed by atoms with Crippen molar-refractivity contribution in [3.05, 3.63) is 94.7 Å². The first-order valence-corrected chi connectivity index (χ1v) is 13.2. The number of fused-ring (bicyclic) bond motifs is 1. The number of aryl methyl sites for hydroxylation is 1. The van der Waals surface area contributed by atoms with Crippen LogP contribution in [0.25, 0.3) is 11.3 Å². The Morgan fingerprint density at radius 1 is 1.02 bits per heavy atom. The Bertz CT molecular complexity index is 1910. The second-order valence-corrected chi connectivity index (χ2v) is 10.3. The molecule has 1 unspecified atom stereocenters. The molecule has 208 valence electrons. The molecule has 0 spiro atoms. The van der Waals surface area contributed by atoms with E-state index in [-0.39, 0.29) is 28.8 Å². The smallest absolute Gasteiger partial charge is 0.284 e. The van der Waals surface area contributed by atoms with Crippen molar-refractivity contribution in [1.82, 2.24) is 18.7 Å². The molecule has 0 aliphatic heterocycles. The number of ether oxygens (including phenoxy) is 1. The van der Waals surface area contributed by atoms with Crippen molar-refractivity contribution in [2.24, 2.45) is 13.0 Å². The number of benzene rings is 2. The minimum absolute atomic E-state index is 0.0470. The Hall–Kier alpha value is -4.83. The third kappa shape index (κ3) is 5.33. The number of carbonyl (C=O) groups excluding carboxylic acids is 2. The van der Waals surface area contributed by atoms with Gasteiger partial charge in [0, 0.05) is 30.9 Å². The predicted molar refractivity (Wildman–Crippen MR) is 151 cm³/mol. The van der Waals surface area contributed by atoms with Crippen LogP contribution in [0.2, 0.25) is 0 Å². The normalized spacial score (nSPS) is 12.9. The number of pyridine rings is 1. The number of imidazole rings is 1. The minimum Gasteiger partial charge on any atom is -0.453 e. The number of aromatic nitrogens is 4. The van der Waals surface area contributed by atoms with Crippen LogP contribution in [0.1, 0.15) is 23.2 Å². The van der Waals surface area contributed by atoms with Gasteiger partial charge < -0.3 is 19.8 Å². The van der Waals surface area contributed by atoms with Crippen LogP contribution in [0.4, 0.5) is 20.3 Å². The van der Waals surface area contributed by atoms with Gasteiger partial charge in [0.25, 0.3) is 11.5 Å². The van der Waals surface area contributed by atoms with E-state index in [0.29, 0.717) is 28.2 Å². The van der Waals surface area contributed by atoms with Gasteiger partial charge in [0.05, 0.1) is 18.1 Å². The van der Waals surface area contributed by atoms with Crippen molar-refractivity contribution >= 4 is 43.5 Å². The summed E-state index contributed by atoms with van der Waals surface area (Å²) < 4.78 is 38.5. The molecule has 1 aliphatic carbocycles. The average Bonchev–Trinajstić information content (AvgIpc) is 3.64. The number of carbonyl (C=O) groups is 2. The van der Waals surface area contributed by atoms with Gasteiger partial charge in [0.1, 0.15) is 22.8 Å². The zero-order valence-electron chi connectivity index (χ0n) is 21.6. The zero-order valence-corrected chi connectivity index (χ0v) is 22.8. The maximum atomic E-state index is 14.9. The van der Waals surface area contributed by atoms with Crippen molar-refractivity contribution in [1.29, 1.82) is 0 Å². The zero-order chi connectivity index (χ0) is 28.8. The molecular weight excluding hydrogens is 553 g/mol. The van der Waals surface area contributed by atoms with Crippen molar-refractivity contribution < 1.29 is 23.1 Å². The second kappa shape index (κ2) is 10.3. The van der Waals surface area contributed by atoms with Crippen molar-refractivity contribution in [3.63, 3.8) is 0 Å². The van der Waals surface area contributed by atoms with Crippen LogP contribution in [0, 0.1) is 17.6 Å². The van der Waals surface area contributed by atoms with Crippen LogP contribution in [0.15, 0.2) is 71.9 Å². The molecule has 6 rings (SSSR count). The topological polar surface area (TPSA) is 112 Å². The quantitative estimate of drug-likeness (QED) is 0.285. The Balaban J connectivity index is 1.16. The Labute approximate surface area is 233 Å². The van der Waals surface area contributed by atoms with Gasteiger partial charge in [0.2, 0.25) is 5.91 Å². The van der Waals surface area contributed by atoms with E-state index in [1.54, 1.807) is 36.0 Å². The van der Waals surface area contributed by atoms with Crippen LogP contribution >= 0.6 is 9.24 Å². The largest absolute Gasteiger partial charge is 0.453 e. The first-order valence-electron chi connectivity index (χ1n) is 12.6. The van der Waals surface area contributed by atoms with Gasteiger partial charge >= 0.3 is 0 Å². The predicted octanol–water partition coefficient (Wildman–Crippen LogP) is 4.00. The third-order valence-corrected chi connectivity index (χ3v) is 7.02. The van der Waals surface area contributed by atoms with Crippen molar-refractivity contribution in [2.75, 3.05) is 10.6 Å². The van der Waals surface area contributed by atoms with Gasteiger partial charge in [-0.05, 0) is 60.6 Å². The molecule has 1 atom stereocenters. The number of hydrogen-bond donors (Lipinski definition) is 2. The van der Waals surface area contributed by atoms with Gasteiger partial charge in [-0.2, -0.15) is 0 Å². The highest BCUT2D eigenvalue weighted by atomic mass is 31.0. The molecule has 10 nitrogen and oxygen atoms in total. The number of nitrogens with one attached hydrogen (secondary N) is 2. The number of nitrogens with zero attached hydrogens (tertiary/aromatic N) is 4. The van der Waals surface area contributed by atoms with Gasteiger partial charge in [-0.3, -0.25) is 19.1 Å². The van der Waals surface area contributed by atoms with Gasteiger partial charge in [0.15, 0.2) is 17.4 Å². The van der Waals surface area contributed by atoms with E-state index in [0.717, 1.165) is 18.9 Å². The van der Waals surface area contributed by atoms with Gasteiger partial charge in [-0.1, -0.05) is 0 Å². The number of amides is 2. The average molecular weight is 577 g/mol. The maximum absolute atomic E-state index is 14.9. The summed E-state index contributed by atoms with van der Waals surface area (Å²) in [4.78, 5) is 42.3. The molecule has 5 aromatic rings.